The van der Waals surface area contributed by atoms with Gasteiger partial charge >= 0.3 is 0 Å². The molecule has 7 heteroatoms. The van der Waals surface area contributed by atoms with Gasteiger partial charge in [0.2, 0.25) is 11.8 Å². The molecule has 0 bridgehead atoms. The summed E-state index contributed by atoms with van der Waals surface area (Å²) >= 11 is 6.06. The van der Waals surface area contributed by atoms with E-state index in [2.05, 4.69) is 5.32 Å². The maximum Gasteiger partial charge on any atom is 0.247 e. The normalized spacial score (nSPS) is 15.0. The Morgan fingerprint density at radius 2 is 1.75 bits per heavy atom. The fourth-order valence-electron chi connectivity index (χ4n) is 4.65. The summed E-state index contributed by atoms with van der Waals surface area (Å²) in [5, 5.41) is 3.25. The third-order valence-electron chi connectivity index (χ3n) is 6.63. The lowest BCUT2D eigenvalue weighted by Gasteiger charge is -2.32. The lowest BCUT2D eigenvalue weighted by molar-refractivity contribution is -0.140. The largest absolute Gasteiger partial charge is 0.493 e. The van der Waals surface area contributed by atoms with Crippen molar-refractivity contribution in [2.45, 2.75) is 77.4 Å². The van der Waals surface area contributed by atoms with Crippen molar-refractivity contribution in [3.63, 3.8) is 0 Å². The van der Waals surface area contributed by atoms with Crippen molar-refractivity contribution in [1.29, 1.82) is 0 Å². The number of benzene rings is 2. The topological polar surface area (TPSA) is 67.9 Å². The Bertz CT molecular complexity index is 987. The van der Waals surface area contributed by atoms with E-state index in [-0.39, 0.29) is 30.3 Å². The van der Waals surface area contributed by atoms with E-state index in [9.17, 15) is 9.59 Å². The molecule has 6 nitrogen and oxygen atoms in total. The number of alkyl halides is 1. The second-order valence-electron chi connectivity index (χ2n) is 9.50. The molecule has 1 atom stereocenters. The smallest absolute Gasteiger partial charge is 0.247 e. The summed E-state index contributed by atoms with van der Waals surface area (Å²) in [5.41, 5.74) is 2.72. The summed E-state index contributed by atoms with van der Waals surface area (Å²) in [5.74, 6) is 0.426. The van der Waals surface area contributed by atoms with Crippen LogP contribution in [0.4, 0.5) is 0 Å². The molecular formula is C29H39ClN2O4. The molecule has 0 saturated heterocycles. The minimum absolute atomic E-state index is 0.101. The van der Waals surface area contributed by atoms with Gasteiger partial charge in [0, 0.05) is 12.6 Å². The van der Waals surface area contributed by atoms with Crippen LogP contribution in [-0.4, -0.2) is 42.4 Å². The number of aryl methyl sites for hydroxylation is 1. The third-order valence-corrected chi connectivity index (χ3v) is 6.86. The molecule has 196 valence electrons. The summed E-state index contributed by atoms with van der Waals surface area (Å²) in [7, 11) is 1.58. The van der Waals surface area contributed by atoms with Crippen LogP contribution in [0.25, 0.3) is 0 Å². The molecule has 0 aromatic heterocycles. The van der Waals surface area contributed by atoms with Crippen LogP contribution in [-0.2, 0) is 16.1 Å². The van der Waals surface area contributed by atoms with E-state index in [1.54, 1.807) is 18.1 Å². The number of amides is 2. The Morgan fingerprint density at radius 3 is 2.36 bits per heavy atom. The van der Waals surface area contributed by atoms with Gasteiger partial charge in [-0.2, -0.15) is 0 Å². The van der Waals surface area contributed by atoms with E-state index >= 15 is 0 Å². The van der Waals surface area contributed by atoms with E-state index in [0.29, 0.717) is 23.7 Å². The lowest BCUT2D eigenvalue weighted by atomic mass is 10.0. The molecule has 0 radical (unpaired) electrons. The van der Waals surface area contributed by atoms with Crippen molar-refractivity contribution in [3.05, 3.63) is 59.2 Å². The van der Waals surface area contributed by atoms with Crippen LogP contribution in [0.3, 0.4) is 0 Å². The standard InChI is InChI=1S/C29H39ClN2O4/c1-4-17-36-25-16-15-23(18-26(25)35-3)28(29(34)31-24-9-7-5-6-8-10-24)32(27(33)19-30)20-22-13-11-21(2)12-14-22/h11-16,18,24,28H,4-10,17,19-20H2,1-3H3,(H,31,34)/t28-/m1/s1. The fourth-order valence-corrected chi connectivity index (χ4v) is 4.81. The minimum atomic E-state index is -0.852. The monoisotopic (exact) mass is 514 g/mol. The highest BCUT2D eigenvalue weighted by molar-refractivity contribution is 6.27. The van der Waals surface area contributed by atoms with Gasteiger partial charge in [-0.25, -0.2) is 0 Å². The molecule has 1 fully saturated rings. The molecule has 2 amide bonds. The number of carbonyl (C=O) groups excluding carboxylic acids is 2. The highest BCUT2D eigenvalue weighted by atomic mass is 35.5. The summed E-state index contributed by atoms with van der Waals surface area (Å²) < 4.78 is 11.4. The highest BCUT2D eigenvalue weighted by Crippen LogP contribution is 2.34. The van der Waals surface area contributed by atoms with E-state index in [0.717, 1.165) is 43.2 Å². The fraction of sp³-hybridized carbons (Fsp3) is 0.517. The second-order valence-corrected chi connectivity index (χ2v) is 9.77. The van der Waals surface area contributed by atoms with Gasteiger partial charge < -0.3 is 19.7 Å². The maximum absolute atomic E-state index is 13.9. The minimum Gasteiger partial charge on any atom is -0.493 e. The van der Waals surface area contributed by atoms with Crippen LogP contribution in [0, 0.1) is 6.92 Å². The number of halogens is 1. The van der Waals surface area contributed by atoms with E-state index < -0.39 is 6.04 Å². The first kappa shape index (κ1) is 27.9. The molecule has 1 aliphatic carbocycles. The van der Waals surface area contributed by atoms with Crippen LogP contribution >= 0.6 is 11.6 Å². The molecule has 0 heterocycles. The SMILES string of the molecule is CCCOc1ccc([C@H](C(=O)NC2CCCCCC2)N(Cc2ccc(C)cc2)C(=O)CCl)cc1OC. The Morgan fingerprint density at radius 1 is 1.06 bits per heavy atom. The van der Waals surface area contributed by atoms with Crippen molar-refractivity contribution in [2.24, 2.45) is 0 Å². The number of nitrogens with one attached hydrogen (secondary N) is 1. The Kier molecular flexibility index (Phi) is 10.9. The molecule has 1 aliphatic rings. The third kappa shape index (κ3) is 7.63. The van der Waals surface area contributed by atoms with E-state index in [1.807, 2.05) is 50.2 Å². The van der Waals surface area contributed by atoms with Gasteiger partial charge in [-0.15, -0.1) is 11.6 Å². The summed E-state index contributed by atoms with van der Waals surface area (Å²) in [6, 6.07) is 12.7. The number of hydrogen-bond acceptors (Lipinski definition) is 4. The molecule has 2 aromatic carbocycles. The van der Waals surface area contributed by atoms with Gasteiger partial charge in [-0.3, -0.25) is 9.59 Å². The number of rotatable bonds is 11. The van der Waals surface area contributed by atoms with E-state index in [4.69, 9.17) is 21.1 Å². The Hall–Kier alpha value is -2.73. The first-order chi connectivity index (χ1) is 17.5. The molecule has 1 saturated carbocycles. The van der Waals surface area contributed by atoms with E-state index in [1.165, 1.54) is 12.8 Å². The molecule has 0 aliphatic heterocycles. The zero-order valence-corrected chi connectivity index (χ0v) is 22.5. The Balaban J connectivity index is 1.99. The lowest BCUT2D eigenvalue weighted by Crippen LogP contribution is -2.46. The van der Waals surface area contributed by atoms with Crippen LogP contribution < -0.4 is 14.8 Å². The number of nitrogens with zero attached hydrogens (tertiary/aromatic N) is 1. The second kappa shape index (κ2) is 14.1. The molecule has 2 aromatic rings. The van der Waals surface area contributed by atoms with Crippen LogP contribution in [0.2, 0.25) is 0 Å². The van der Waals surface area contributed by atoms with Gasteiger partial charge in [-0.1, -0.05) is 68.5 Å². The maximum atomic E-state index is 13.9. The van der Waals surface area contributed by atoms with Crippen molar-refractivity contribution < 1.29 is 19.1 Å². The average Bonchev–Trinajstić information content (AvgIpc) is 3.16. The van der Waals surface area contributed by atoms with Crippen LogP contribution in [0.5, 0.6) is 11.5 Å². The first-order valence-electron chi connectivity index (χ1n) is 13.0. The average molecular weight is 515 g/mol. The van der Waals surface area contributed by atoms with Crippen molar-refractivity contribution in [2.75, 3.05) is 19.6 Å². The molecule has 1 N–H and O–H groups in total. The summed E-state index contributed by atoms with van der Waals surface area (Å²) in [6.07, 6.45) is 7.35. The van der Waals surface area contributed by atoms with Gasteiger partial charge in [0.1, 0.15) is 11.9 Å². The van der Waals surface area contributed by atoms with Crippen LogP contribution in [0.15, 0.2) is 42.5 Å². The van der Waals surface area contributed by atoms with Gasteiger partial charge in [0.05, 0.1) is 13.7 Å². The predicted molar refractivity (Wildman–Crippen MR) is 144 cm³/mol. The van der Waals surface area contributed by atoms with Crippen molar-refractivity contribution in [1.82, 2.24) is 10.2 Å². The zero-order chi connectivity index (χ0) is 25.9. The molecule has 0 unspecified atom stereocenters. The summed E-state index contributed by atoms with van der Waals surface area (Å²) in [6.45, 7) is 4.88. The van der Waals surface area contributed by atoms with Crippen molar-refractivity contribution >= 4 is 23.4 Å². The van der Waals surface area contributed by atoms with Gasteiger partial charge in [0.15, 0.2) is 11.5 Å². The number of methoxy groups -OCH3 is 1. The van der Waals surface area contributed by atoms with Crippen molar-refractivity contribution in [3.8, 4) is 11.5 Å². The highest BCUT2D eigenvalue weighted by Gasteiger charge is 2.33. The Labute approximate surface area is 220 Å². The predicted octanol–water partition coefficient (Wildman–Crippen LogP) is 5.94. The van der Waals surface area contributed by atoms with Crippen LogP contribution in [0.1, 0.15) is 74.6 Å². The number of carbonyl (C=O) groups is 2. The zero-order valence-electron chi connectivity index (χ0n) is 21.7. The molecule has 3 rings (SSSR count). The van der Waals surface area contributed by atoms with Gasteiger partial charge in [0.25, 0.3) is 0 Å². The number of hydrogen-bond donors (Lipinski definition) is 1. The molecule has 0 spiro atoms. The first-order valence-corrected chi connectivity index (χ1v) is 13.5. The quantitative estimate of drug-likeness (QED) is 0.297. The molecular weight excluding hydrogens is 476 g/mol. The summed E-state index contributed by atoms with van der Waals surface area (Å²) in [4.78, 5) is 28.6. The van der Waals surface area contributed by atoms with Gasteiger partial charge in [-0.05, 0) is 49.4 Å². The number of ether oxygens (including phenoxy) is 2. The molecule has 36 heavy (non-hydrogen) atoms.